The number of nitrogens with zero attached hydrogens (tertiary/aromatic N) is 4. The first-order valence-electron chi connectivity index (χ1n) is 19.3. The van der Waals surface area contributed by atoms with Crippen molar-refractivity contribution in [2.24, 2.45) is 0 Å². The summed E-state index contributed by atoms with van der Waals surface area (Å²) < 4.78 is 4.79. The van der Waals surface area contributed by atoms with Gasteiger partial charge in [-0.2, -0.15) is 0 Å². The van der Waals surface area contributed by atoms with E-state index in [1.54, 1.807) is 0 Å². The highest BCUT2D eigenvalue weighted by molar-refractivity contribution is 6.09. The van der Waals surface area contributed by atoms with E-state index in [0.717, 1.165) is 28.9 Å². The molecule has 3 aromatic heterocycles. The summed E-state index contributed by atoms with van der Waals surface area (Å²) in [7, 11) is 0. The van der Waals surface area contributed by atoms with E-state index in [9.17, 15) is 0 Å². The molecule has 0 saturated heterocycles. The van der Waals surface area contributed by atoms with Gasteiger partial charge in [0.25, 0.3) is 0 Å². The summed E-state index contributed by atoms with van der Waals surface area (Å²) >= 11 is 0. The lowest BCUT2D eigenvalue weighted by Gasteiger charge is -2.15. The van der Waals surface area contributed by atoms with Crippen molar-refractivity contribution in [2.45, 2.75) is 12.3 Å². The van der Waals surface area contributed by atoms with Gasteiger partial charge in [0.2, 0.25) is 0 Å². The van der Waals surface area contributed by atoms with E-state index in [-0.39, 0.29) is 5.92 Å². The third-order valence-corrected chi connectivity index (χ3v) is 11.3. The van der Waals surface area contributed by atoms with Gasteiger partial charge in [-0.25, -0.2) is 9.97 Å². The number of hydrogen-bond donors (Lipinski definition) is 0. The van der Waals surface area contributed by atoms with Crippen molar-refractivity contribution in [2.75, 3.05) is 0 Å². The Kier molecular flexibility index (Phi) is 7.59. The molecule has 264 valence electrons. The Balaban J connectivity index is 0.970. The molecule has 0 aliphatic heterocycles. The number of rotatable bonds is 6. The van der Waals surface area contributed by atoms with E-state index in [2.05, 4.69) is 191 Å². The van der Waals surface area contributed by atoms with Gasteiger partial charge in [-0.3, -0.25) is 0 Å². The predicted octanol–water partition coefficient (Wildman–Crippen LogP) is 11.3. The maximum Gasteiger partial charge on any atom is 0.159 e. The van der Waals surface area contributed by atoms with Crippen LogP contribution in [0.5, 0.6) is 0 Å². The molecule has 1 unspecified atom stereocenters. The van der Waals surface area contributed by atoms with Crippen molar-refractivity contribution in [1.29, 1.82) is 0 Å². The summed E-state index contributed by atoms with van der Waals surface area (Å²) in [6.45, 7) is 0. The minimum absolute atomic E-state index is 0.270. The third kappa shape index (κ3) is 5.38. The second-order valence-corrected chi connectivity index (χ2v) is 14.6. The molecule has 10 aromatic rings. The average molecular weight is 717 g/mol. The third-order valence-electron chi connectivity index (χ3n) is 11.3. The molecule has 1 aliphatic carbocycles. The van der Waals surface area contributed by atoms with Crippen LogP contribution in [0.15, 0.2) is 188 Å². The van der Waals surface area contributed by atoms with Crippen LogP contribution >= 0.6 is 0 Å². The minimum Gasteiger partial charge on any atom is -0.310 e. The number of para-hydroxylation sites is 3. The van der Waals surface area contributed by atoms with Crippen molar-refractivity contribution in [3.05, 3.63) is 204 Å². The summed E-state index contributed by atoms with van der Waals surface area (Å²) in [6, 6.07) is 65.0. The second-order valence-electron chi connectivity index (χ2n) is 14.6. The molecule has 0 spiro atoms. The van der Waals surface area contributed by atoms with Gasteiger partial charge >= 0.3 is 0 Å². The molecule has 1 atom stereocenters. The van der Waals surface area contributed by atoms with Crippen molar-refractivity contribution in [1.82, 2.24) is 19.1 Å². The van der Waals surface area contributed by atoms with E-state index in [0.29, 0.717) is 5.82 Å². The van der Waals surface area contributed by atoms with Crippen molar-refractivity contribution in [3.8, 4) is 45.1 Å². The van der Waals surface area contributed by atoms with Gasteiger partial charge in [0.1, 0.15) is 0 Å². The smallest absolute Gasteiger partial charge is 0.159 e. The first-order valence-corrected chi connectivity index (χ1v) is 19.3. The van der Waals surface area contributed by atoms with Gasteiger partial charge in [0.05, 0.1) is 22.2 Å². The second kappa shape index (κ2) is 13.2. The molecule has 3 heterocycles. The van der Waals surface area contributed by atoms with Gasteiger partial charge < -0.3 is 9.13 Å². The summed E-state index contributed by atoms with van der Waals surface area (Å²) in [6.07, 6.45) is 7.73. The first-order chi connectivity index (χ1) is 27.8. The Morgan fingerprint density at radius 1 is 0.464 bits per heavy atom. The normalized spacial score (nSPS) is 13.8. The van der Waals surface area contributed by atoms with Crippen LogP contribution in [0.1, 0.15) is 17.9 Å². The average Bonchev–Trinajstić information content (AvgIpc) is 3.79. The minimum atomic E-state index is 0.270. The monoisotopic (exact) mass is 716 g/mol. The molecule has 4 nitrogen and oxygen atoms in total. The van der Waals surface area contributed by atoms with Crippen molar-refractivity contribution < 1.29 is 0 Å². The molecule has 0 bridgehead atoms. The Bertz CT molecular complexity index is 3210. The number of benzene rings is 7. The lowest BCUT2D eigenvalue weighted by Crippen LogP contribution is -2.31. The van der Waals surface area contributed by atoms with E-state index in [1.165, 1.54) is 65.7 Å². The summed E-state index contributed by atoms with van der Waals surface area (Å²) in [5, 5.41) is 6.39. The number of hydrogen-bond acceptors (Lipinski definition) is 2. The van der Waals surface area contributed by atoms with Crippen molar-refractivity contribution in [3.63, 3.8) is 0 Å². The lowest BCUT2D eigenvalue weighted by atomic mass is 9.90. The van der Waals surface area contributed by atoms with E-state index in [4.69, 9.17) is 9.97 Å². The van der Waals surface area contributed by atoms with Crippen LogP contribution in [0.2, 0.25) is 0 Å². The lowest BCUT2D eigenvalue weighted by molar-refractivity contribution is 0.909. The number of aromatic nitrogens is 4. The highest BCUT2D eigenvalue weighted by Crippen LogP contribution is 2.36. The molecule has 0 fully saturated rings. The van der Waals surface area contributed by atoms with E-state index < -0.39 is 0 Å². The summed E-state index contributed by atoms with van der Waals surface area (Å²) in [5.74, 6) is 0.975. The maximum atomic E-state index is 5.05. The summed E-state index contributed by atoms with van der Waals surface area (Å²) in [5.41, 5.74) is 12.5. The predicted molar refractivity (Wildman–Crippen MR) is 231 cm³/mol. The van der Waals surface area contributed by atoms with Crippen LogP contribution in [0.25, 0.3) is 90.0 Å². The van der Waals surface area contributed by atoms with Gasteiger partial charge in [-0.15, -0.1) is 0 Å². The molecule has 4 heteroatoms. The van der Waals surface area contributed by atoms with Gasteiger partial charge in [0, 0.05) is 61.3 Å². The molecule has 11 rings (SSSR count). The Hall–Kier alpha value is -7.30. The standard InChI is InChI=1S/C52H36N4/c1-3-12-35(13-4-1)36-22-24-37(25-23-36)47-30-31-53-52(54-47)40-14-11-17-42(32-40)56-49-21-10-8-19-44(49)46-34-39(27-29-51(46)56)38-26-28-50-45(33-38)43-18-7-9-20-48(43)55(50)41-15-5-2-6-16-41/h1-25,27-34,38H,26H2. The molecule has 0 saturated carbocycles. The zero-order valence-electron chi connectivity index (χ0n) is 30.6. The van der Waals surface area contributed by atoms with E-state index >= 15 is 0 Å². The largest absolute Gasteiger partial charge is 0.310 e. The quantitative estimate of drug-likeness (QED) is 0.172. The Morgan fingerprint density at radius 3 is 1.93 bits per heavy atom. The molecule has 0 N–H and O–H groups in total. The molecule has 7 aromatic carbocycles. The fourth-order valence-corrected chi connectivity index (χ4v) is 8.66. The highest BCUT2D eigenvalue weighted by atomic mass is 15.0. The van der Waals surface area contributed by atoms with Crippen LogP contribution in [-0.2, 0) is 0 Å². The van der Waals surface area contributed by atoms with Gasteiger partial charge in [-0.1, -0.05) is 140 Å². The maximum absolute atomic E-state index is 5.05. The van der Waals surface area contributed by atoms with E-state index in [1.807, 2.05) is 18.3 Å². The molecule has 1 aliphatic rings. The fourth-order valence-electron chi connectivity index (χ4n) is 8.66. The topological polar surface area (TPSA) is 35.6 Å². The van der Waals surface area contributed by atoms with Crippen LogP contribution in [-0.4, -0.2) is 19.1 Å². The molecular weight excluding hydrogens is 681 g/mol. The highest BCUT2D eigenvalue weighted by Gasteiger charge is 2.19. The first kappa shape index (κ1) is 32.2. The van der Waals surface area contributed by atoms with Gasteiger partial charge in [-0.05, 0) is 77.7 Å². The Morgan fingerprint density at radius 2 is 1.11 bits per heavy atom. The van der Waals surface area contributed by atoms with Crippen LogP contribution in [0.3, 0.4) is 0 Å². The molecule has 0 radical (unpaired) electrons. The Labute approximate surface area is 324 Å². The van der Waals surface area contributed by atoms with Crippen LogP contribution in [0, 0.1) is 0 Å². The van der Waals surface area contributed by atoms with Crippen LogP contribution in [0.4, 0.5) is 0 Å². The zero-order chi connectivity index (χ0) is 37.0. The molecule has 56 heavy (non-hydrogen) atoms. The zero-order valence-corrected chi connectivity index (χ0v) is 30.6. The van der Waals surface area contributed by atoms with Crippen LogP contribution < -0.4 is 10.6 Å². The molecule has 0 amide bonds. The van der Waals surface area contributed by atoms with Crippen molar-refractivity contribution >= 4 is 44.9 Å². The fraction of sp³-hybridized carbons (Fsp3) is 0.0385. The van der Waals surface area contributed by atoms with Gasteiger partial charge in [0.15, 0.2) is 5.82 Å². The SMILES string of the molecule is C1=c2c(n(-c3ccccc3)c3ccccc23)=CCC1c1ccc2c(c1)c1ccccc1n2-c1cccc(-c2nccc(-c3ccc(-c4ccccc4)cc3)n2)c1. The molecular formula is C52H36N4. The summed E-state index contributed by atoms with van der Waals surface area (Å²) in [4.78, 5) is 9.79. The number of fused-ring (bicyclic) bond motifs is 6.